The molecule has 2 aromatic rings. The third kappa shape index (κ3) is 5.53. The van der Waals surface area contributed by atoms with E-state index in [0.29, 0.717) is 18.9 Å². The molecule has 0 bridgehead atoms. The molecule has 3 heterocycles. The molecule has 2 aromatic heterocycles. The molecule has 1 fully saturated rings. The average Bonchev–Trinajstić information content (AvgIpc) is 3.34. The monoisotopic (exact) mass is 375 g/mol. The molecule has 0 atom stereocenters. The quantitative estimate of drug-likeness (QED) is 0.575. The van der Waals surface area contributed by atoms with E-state index in [-0.39, 0.29) is 5.92 Å². The van der Waals surface area contributed by atoms with Crippen LogP contribution in [0.1, 0.15) is 44.1 Å². The number of nitrogens with zero attached hydrogens (tertiary/aromatic N) is 6. The molecule has 0 spiro atoms. The van der Waals surface area contributed by atoms with Crippen molar-refractivity contribution in [3.63, 3.8) is 0 Å². The molecule has 0 amide bonds. The first-order valence-electron chi connectivity index (χ1n) is 9.63. The van der Waals surface area contributed by atoms with Gasteiger partial charge < -0.3 is 19.3 Å². The normalized spacial score (nSPS) is 16.3. The highest BCUT2D eigenvalue weighted by molar-refractivity contribution is 5.80. The van der Waals surface area contributed by atoms with Crippen molar-refractivity contribution >= 4 is 5.96 Å². The topological polar surface area (TPSA) is 95.8 Å². The van der Waals surface area contributed by atoms with Crippen LogP contribution in [0.3, 0.4) is 0 Å². The van der Waals surface area contributed by atoms with E-state index in [2.05, 4.69) is 51.2 Å². The van der Waals surface area contributed by atoms with Gasteiger partial charge in [0.2, 0.25) is 5.89 Å². The van der Waals surface area contributed by atoms with E-state index in [4.69, 9.17) is 14.0 Å². The van der Waals surface area contributed by atoms with Gasteiger partial charge >= 0.3 is 0 Å². The van der Waals surface area contributed by atoms with E-state index >= 15 is 0 Å². The van der Waals surface area contributed by atoms with E-state index in [0.717, 1.165) is 56.7 Å². The summed E-state index contributed by atoms with van der Waals surface area (Å²) in [6, 6.07) is 1.92. The summed E-state index contributed by atoms with van der Waals surface area (Å²) in [7, 11) is 0. The van der Waals surface area contributed by atoms with Crippen LogP contribution in [0.2, 0.25) is 0 Å². The van der Waals surface area contributed by atoms with Crippen molar-refractivity contribution in [3.8, 4) is 0 Å². The number of rotatable bonds is 7. The van der Waals surface area contributed by atoms with E-state index in [1.165, 1.54) is 0 Å². The smallest absolute Gasteiger partial charge is 0.228 e. The molecule has 9 heteroatoms. The lowest BCUT2D eigenvalue weighted by Crippen LogP contribution is -2.52. The molecule has 0 saturated carbocycles. The van der Waals surface area contributed by atoms with Crippen LogP contribution in [-0.2, 0) is 13.0 Å². The van der Waals surface area contributed by atoms with Crippen molar-refractivity contribution in [1.82, 2.24) is 30.4 Å². The molecule has 0 unspecified atom stereocenters. The predicted molar refractivity (Wildman–Crippen MR) is 101 cm³/mol. The van der Waals surface area contributed by atoms with Crippen LogP contribution in [0.5, 0.6) is 0 Å². The lowest BCUT2D eigenvalue weighted by atomic mass is 10.2. The van der Waals surface area contributed by atoms with Crippen molar-refractivity contribution in [2.45, 2.75) is 39.7 Å². The largest absolute Gasteiger partial charge is 0.364 e. The fourth-order valence-electron chi connectivity index (χ4n) is 2.95. The molecule has 1 N–H and O–H groups in total. The Bertz CT molecular complexity index is 703. The van der Waals surface area contributed by atoms with Crippen LogP contribution >= 0.6 is 0 Å². The van der Waals surface area contributed by atoms with E-state index in [9.17, 15) is 0 Å². The Morgan fingerprint density at radius 2 is 2.07 bits per heavy atom. The second-order valence-corrected chi connectivity index (χ2v) is 6.94. The van der Waals surface area contributed by atoms with Gasteiger partial charge in [0.05, 0.1) is 12.2 Å². The second kappa shape index (κ2) is 9.50. The van der Waals surface area contributed by atoms with Crippen molar-refractivity contribution < 1.29 is 9.05 Å². The maximum atomic E-state index is 5.29. The third-order valence-electron chi connectivity index (χ3n) is 4.47. The van der Waals surface area contributed by atoms with Gasteiger partial charge in [0.1, 0.15) is 6.26 Å². The van der Waals surface area contributed by atoms with Gasteiger partial charge in [-0.1, -0.05) is 24.2 Å². The van der Waals surface area contributed by atoms with Crippen molar-refractivity contribution in [2.24, 2.45) is 4.99 Å². The summed E-state index contributed by atoms with van der Waals surface area (Å²) in [4.78, 5) is 13.8. The van der Waals surface area contributed by atoms with Gasteiger partial charge in [-0.05, 0) is 6.92 Å². The summed E-state index contributed by atoms with van der Waals surface area (Å²) in [6.07, 6.45) is 2.27. The van der Waals surface area contributed by atoms with Crippen LogP contribution in [0, 0.1) is 0 Å². The number of hydrogen-bond acceptors (Lipinski definition) is 7. The molecule has 0 aliphatic carbocycles. The SMILES string of the molecule is CCNC(=NCCc1nc(C(C)C)no1)N1CCN(Cc2ccon2)CC1. The molecule has 27 heavy (non-hydrogen) atoms. The highest BCUT2D eigenvalue weighted by atomic mass is 16.5. The second-order valence-electron chi connectivity index (χ2n) is 6.94. The Morgan fingerprint density at radius 1 is 1.26 bits per heavy atom. The molecule has 0 aromatic carbocycles. The Kier molecular flexibility index (Phi) is 6.80. The van der Waals surface area contributed by atoms with Crippen molar-refractivity contribution in [2.75, 3.05) is 39.3 Å². The Labute approximate surface area is 159 Å². The number of aromatic nitrogens is 3. The van der Waals surface area contributed by atoms with Crippen LogP contribution < -0.4 is 5.32 Å². The zero-order valence-electron chi connectivity index (χ0n) is 16.4. The van der Waals surface area contributed by atoms with Gasteiger partial charge in [0.15, 0.2) is 11.8 Å². The minimum absolute atomic E-state index is 0.275. The summed E-state index contributed by atoms with van der Waals surface area (Å²) in [5, 5.41) is 11.4. The maximum Gasteiger partial charge on any atom is 0.228 e. The molecule has 0 radical (unpaired) electrons. The van der Waals surface area contributed by atoms with Crippen LogP contribution in [0.15, 0.2) is 26.4 Å². The van der Waals surface area contributed by atoms with Crippen LogP contribution in [0.25, 0.3) is 0 Å². The molecule has 9 nitrogen and oxygen atoms in total. The fourth-order valence-corrected chi connectivity index (χ4v) is 2.95. The predicted octanol–water partition coefficient (Wildman–Crippen LogP) is 1.51. The number of piperazine rings is 1. The average molecular weight is 375 g/mol. The minimum Gasteiger partial charge on any atom is -0.364 e. The maximum absolute atomic E-state index is 5.29. The highest BCUT2D eigenvalue weighted by Gasteiger charge is 2.20. The summed E-state index contributed by atoms with van der Waals surface area (Å²) in [5.74, 6) is 2.62. The molecule has 1 aliphatic heterocycles. The van der Waals surface area contributed by atoms with Gasteiger partial charge in [0, 0.05) is 57.7 Å². The fraction of sp³-hybridized carbons (Fsp3) is 0.667. The van der Waals surface area contributed by atoms with Gasteiger partial charge in [-0.15, -0.1) is 0 Å². The molecule has 3 rings (SSSR count). The van der Waals surface area contributed by atoms with Gasteiger partial charge in [-0.2, -0.15) is 4.98 Å². The van der Waals surface area contributed by atoms with E-state index in [1.54, 1.807) is 6.26 Å². The Balaban J connectivity index is 1.49. The summed E-state index contributed by atoms with van der Waals surface area (Å²) < 4.78 is 10.2. The molecular weight excluding hydrogens is 346 g/mol. The van der Waals surface area contributed by atoms with Crippen molar-refractivity contribution in [3.05, 3.63) is 29.7 Å². The standard InChI is InChI=1S/C18H29N7O2/c1-4-19-18(20-7-5-16-21-17(14(2)3)23-27-16)25-10-8-24(9-11-25)13-15-6-12-26-22-15/h6,12,14H,4-5,7-11,13H2,1-3H3,(H,19,20). The number of aliphatic imine (C=N–C) groups is 1. The first-order chi connectivity index (χ1) is 13.2. The first kappa shape index (κ1) is 19.3. The van der Waals surface area contributed by atoms with Gasteiger partial charge in [0.25, 0.3) is 0 Å². The number of hydrogen-bond donors (Lipinski definition) is 1. The van der Waals surface area contributed by atoms with Crippen LogP contribution in [0.4, 0.5) is 0 Å². The molecule has 1 aliphatic rings. The lowest BCUT2D eigenvalue weighted by molar-refractivity contribution is 0.169. The Hall–Kier alpha value is -2.42. The Morgan fingerprint density at radius 3 is 2.70 bits per heavy atom. The number of nitrogens with one attached hydrogen (secondary N) is 1. The van der Waals surface area contributed by atoms with Crippen LogP contribution in [-0.4, -0.2) is 70.3 Å². The van der Waals surface area contributed by atoms with Gasteiger partial charge in [-0.3, -0.25) is 9.89 Å². The van der Waals surface area contributed by atoms with E-state index < -0.39 is 0 Å². The number of guanidine groups is 1. The zero-order valence-corrected chi connectivity index (χ0v) is 16.4. The first-order valence-corrected chi connectivity index (χ1v) is 9.63. The molecule has 148 valence electrons. The van der Waals surface area contributed by atoms with E-state index in [1.807, 2.05) is 6.07 Å². The highest BCUT2D eigenvalue weighted by Crippen LogP contribution is 2.10. The molecular formula is C18H29N7O2. The lowest BCUT2D eigenvalue weighted by Gasteiger charge is -2.36. The summed E-state index contributed by atoms with van der Waals surface area (Å²) >= 11 is 0. The van der Waals surface area contributed by atoms with Crippen molar-refractivity contribution in [1.29, 1.82) is 0 Å². The summed E-state index contributed by atoms with van der Waals surface area (Å²) in [6.45, 7) is 12.3. The minimum atomic E-state index is 0.275. The summed E-state index contributed by atoms with van der Waals surface area (Å²) in [5.41, 5.74) is 0.976. The zero-order chi connectivity index (χ0) is 19.1. The third-order valence-corrected chi connectivity index (χ3v) is 4.47. The van der Waals surface area contributed by atoms with Gasteiger partial charge in [-0.25, -0.2) is 0 Å². The molecule has 1 saturated heterocycles.